The molecule has 1 fully saturated rings. The number of carbonyl (C=O) groups is 2. The van der Waals surface area contributed by atoms with E-state index in [0.29, 0.717) is 6.42 Å². The predicted octanol–water partition coefficient (Wildman–Crippen LogP) is 4.17. The molecule has 4 heteroatoms. The van der Waals surface area contributed by atoms with Crippen LogP contribution in [0.5, 0.6) is 0 Å². The highest BCUT2D eigenvalue weighted by atomic mass is 16.6. The minimum atomic E-state index is -0.507. The van der Waals surface area contributed by atoms with Gasteiger partial charge in [0.1, 0.15) is 11.9 Å². The SMILES string of the molecule is CC(C)C(CC=O)N(C(=O)OC(C)(C)C)C1CCCCC1. The molecule has 1 amide bonds. The molecule has 0 aliphatic heterocycles. The summed E-state index contributed by atoms with van der Waals surface area (Å²) in [4.78, 5) is 25.6. The summed E-state index contributed by atoms with van der Waals surface area (Å²) >= 11 is 0. The Balaban J connectivity index is 2.96. The topological polar surface area (TPSA) is 46.6 Å². The third kappa shape index (κ3) is 5.68. The van der Waals surface area contributed by atoms with Gasteiger partial charge in [-0.3, -0.25) is 0 Å². The summed E-state index contributed by atoms with van der Waals surface area (Å²) in [7, 11) is 0. The summed E-state index contributed by atoms with van der Waals surface area (Å²) in [5, 5.41) is 0. The van der Waals surface area contributed by atoms with E-state index in [9.17, 15) is 9.59 Å². The van der Waals surface area contributed by atoms with Crippen LogP contribution in [0.2, 0.25) is 0 Å². The Bertz CT molecular complexity index is 340. The van der Waals surface area contributed by atoms with Crippen LogP contribution < -0.4 is 0 Å². The van der Waals surface area contributed by atoms with E-state index in [1.165, 1.54) is 6.42 Å². The number of rotatable bonds is 5. The standard InChI is InChI=1S/C17H31NO3/c1-13(2)15(11-12-19)18(14-9-7-6-8-10-14)16(20)21-17(3,4)5/h12-15H,6-11H2,1-5H3. The fourth-order valence-corrected chi connectivity index (χ4v) is 3.03. The monoisotopic (exact) mass is 297 g/mol. The molecule has 1 unspecified atom stereocenters. The Labute approximate surface area is 129 Å². The molecule has 1 aliphatic rings. The van der Waals surface area contributed by atoms with E-state index < -0.39 is 5.60 Å². The lowest BCUT2D eigenvalue weighted by atomic mass is 9.90. The van der Waals surface area contributed by atoms with Gasteiger partial charge in [-0.2, -0.15) is 0 Å². The highest BCUT2D eigenvalue weighted by Crippen LogP contribution is 2.29. The molecule has 21 heavy (non-hydrogen) atoms. The molecule has 0 aromatic carbocycles. The van der Waals surface area contributed by atoms with Crippen LogP contribution in [0.4, 0.5) is 4.79 Å². The molecular weight excluding hydrogens is 266 g/mol. The van der Waals surface area contributed by atoms with Crippen molar-refractivity contribution in [3.8, 4) is 0 Å². The molecule has 0 aromatic heterocycles. The lowest BCUT2D eigenvalue weighted by molar-refractivity contribution is -0.109. The van der Waals surface area contributed by atoms with Crippen molar-refractivity contribution in [2.24, 2.45) is 5.92 Å². The molecule has 0 aromatic rings. The van der Waals surface area contributed by atoms with Gasteiger partial charge in [0.05, 0.1) is 0 Å². The molecule has 1 saturated carbocycles. The predicted molar refractivity (Wildman–Crippen MR) is 84.3 cm³/mol. The van der Waals surface area contributed by atoms with E-state index in [0.717, 1.165) is 32.0 Å². The van der Waals surface area contributed by atoms with Gasteiger partial charge < -0.3 is 14.4 Å². The maximum absolute atomic E-state index is 12.7. The lowest BCUT2D eigenvalue weighted by Gasteiger charge is -2.41. The van der Waals surface area contributed by atoms with Gasteiger partial charge in [0, 0.05) is 18.5 Å². The Morgan fingerprint density at radius 3 is 2.24 bits per heavy atom. The van der Waals surface area contributed by atoms with Crippen LogP contribution in [0.15, 0.2) is 0 Å². The van der Waals surface area contributed by atoms with Crippen molar-refractivity contribution in [1.82, 2.24) is 4.90 Å². The Kier molecular flexibility index (Phi) is 6.69. The molecular formula is C17H31NO3. The number of carbonyl (C=O) groups excluding carboxylic acids is 2. The molecule has 122 valence electrons. The number of amides is 1. The molecule has 0 bridgehead atoms. The van der Waals surface area contributed by atoms with Crippen LogP contribution in [0, 0.1) is 5.92 Å². The molecule has 1 atom stereocenters. The average molecular weight is 297 g/mol. The van der Waals surface area contributed by atoms with Crippen molar-refractivity contribution in [3.63, 3.8) is 0 Å². The first kappa shape index (κ1) is 18.0. The summed E-state index contributed by atoms with van der Waals surface area (Å²) < 4.78 is 5.60. The summed E-state index contributed by atoms with van der Waals surface area (Å²) in [5.41, 5.74) is -0.507. The molecule has 0 saturated heterocycles. The van der Waals surface area contributed by atoms with E-state index in [2.05, 4.69) is 13.8 Å². The van der Waals surface area contributed by atoms with E-state index in [-0.39, 0.29) is 24.1 Å². The zero-order valence-corrected chi connectivity index (χ0v) is 14.2. The van der Waals surface area contributed by atoms with Crippen molar-refractivity contribution in [3.05, 3.63) is 0 Å². The number of ether oxygens (including phenoxy) is 1. The van der Waals surface area contributed by atoms with Crippen molar-refractivity contribution < 1.29 is 14.3 Å². The second kappa shape index (κ2) is 7.81. The van der Waals surface area contributed by atoms with Gasteiger partial charge in [-0.05, 0) is 39.5 Å². The second-order valence-corrected chi connectivity index (χ2v) is 7.39. The zero-order chi connectivity index (χ0) is 16.0. The summed E-state index contributed by atoms with van der Waals surface area (Å²) in [5.74, 6) is 0.240. The van der Waals surface area contributed by atoms with Gasteiger partial charge in [-0.25, -0.2) is 4.79 Å². The number of hydrogen-bond acceptors (Lipinski definition) is 3. The molecule has 0 N–H and O–H groups in total. The largest absolute Gasteiger partial charge is 0.444 e. The molecule has 0 heterocycles. The number of nitrogens with zero attached hydrogens (tertiary/aromatic N) is 1. The first-order valence-corrected chi connectivity index (χ1v) is 8.21. The van der Waals surface area contributed by atoms with E-state index >= 15 is 0 Å². The smallest absolute Gasteiger partial charge is 0.410 e. The first-order valence-electron chi connectivity index (χ1n) is 8.21. The van der Waals surface area contributed by atoms with Crippen molar-refractivity contribution >= 4 is 12.4 Å². The lowest BCUT2D eigenvalue weighted by Crippen LogP contribution is -2.51. The Morgan fingerprint density at radius 2 is 1.81 bits per heavy atom. The van der Waals surface area contributed by atoms with E-state index in [1.54, 1.807) is 0 Å². The van der Waals surface area contributed by atoms with E-state index in [1.807, 2.05) is 25.7 Å². The Morgan fingerprint density at radius 1 is 1.24 bits per heavy atom. The zero-order valence-electron chi connectivity index (χ0n) is 14.2. The van der Waals surface area contributed by atoms with E-state index in [4.69, 9.17) is 4.74 Å². The minimum absolute atomic E-state index is 0.0690. The van der Waals surface area contributed by atoms with Crippen molar-refractivity contribution in [1.29, 1.82) is 0 Å². The molecule has 0 spiro atoms. The maximum atomic E-state index is 12.7. The van der Waals surface area contributed by atoms with Crippen LogP contribution in [-0.4, -0.2) is 35.0 Å². The third-order valence-electron chi connectivity index (χ3n) is 4.04. The third-order valence-corrected chi connectivity index (χ3v) is 4.04. The van der Waals surface area contributed by atoms with Crippen LogP contribution in [0.25, 0.3) is 0 Å². The fourth-order valence-electron chi connectivity index (χ4n) is 3.03. The maximum Gasteiger partial charge on any atom is 0.410 e. The number of aldehydes is 1. The highest BCUT2D eigenvalue weighted by Gasteiger charge is 2.35. The van der Waals surface area contributed by atoms with Gasteiger partial charge >= 0.3 is 6.09 Å². The van der Waals surface area contributed by atoms with Crippen LogP contribution in [0.3, 0.4) is 0 Å². The van der Waals surface area contributed by atoms with Crippen LogP contribution in [0.1, 0.15) is 73.1 Å². The fraction of sp³-hybridized carbons (Fsp3) is 0.882. The van der Waals surface area contributed by atoms with Crippen LogP contribution in [-0.2, 0) is 9.53 Å². The van der Waals surface area contributed by atoms with Gasteiger partial charge in [0.25, 0.3) is 0 Å². The second-order valence-electron chi connectivity index (χ2n) is 7.39. The van der Waals surface area contributed by atoms with Crippen molar-refractivity contribution in [2.45, 2.75) is 90.8 Å². The summed E-state index contributed by atoms with van der Waals surface area (Å²) in [6.07, 6.45) is 6.60. The van der Waals surface area contributed by atoms with Crippen molar-refractivity contribution in [2.75, 3.05) is 0 Å². The van der Waals surface area contributed by atoms with Gasteiger partial charge in [0.2, 0.25) is 0 Å². The minimum Gasteiger partial charge on any atom is -0.444 e. The van der Waals surface area contributed by atoms with Gasteiger partial charge in [-0.15, -0.1) is 0 Å². The average Bonchev–Trinajstić information content (AvgIpc) is 2.37. The Hall–Kier alpha value is -1.06. The molecule has 0 radical (unpaired) electrons. The number of hydrogen-bond donors (Lipinski definition) is 0. The molecule has 4 nitrogen and oxygen atoms in total. The highest BCUT2D eigenvalue weighted by molar-refractivity contribution is 5.70. The molecule has 1 aliphatic carbocycles. The normalized spacial score (nSPS) is 18.4. The van der Waals surface area contributed by atoms with Gasteiger partial charge in [0.15, 0.2) is 0 Å². The summed E-state index contributed by atoms with van der Waals surface area (Å²) in [6.45, 7) is 9.78. The molecule has 1 rings (SSSR count). The van der Waals surface area contributed by atoms with Gasteiger partial charge in [-0.1, -0.05) is 33.1 Å². The first-order chi connectivity index (χ1) is 9.76. The van der Waals surface area contributed by atoms with Crippen LogP contribution >= 0.6 is 0 Å². The quantitative estimate of drug-likeness (QED) is 0.715. The summed E-state index contributed by atoms with van der Waals surface area (Å²) in [6, 6.07) is 0.140.